The zero-order valence-corrected chi connectivity index (χ0v) is 11.8. The standard InChI is InChI=1S/C14H17N3OS/c1-9(2)8-18-11-5-3-10(4-6-11)14-17-7-12(19-14)13(15)16/h3-7,9H,8H2,1-2H3,(H3,15,16). The number of nitrogens with zero attached hydrogens (tertiary/aromatic N) is 1. The first-order valence-corrected chi connectivity index (χ1v) is 6.91. The summed E-state index contributed by atoms with van der Waals surface area (Å²) in [6.45, 7) is 4.95. The lowest BCUT2D eigenvalue weighted by Gasteiger charge is -2.08. The molecule has 4 nitrogen and oxygen atoms in total. The van der Waals surface area contributed by atoms with E-state index in [1.54, 1.807) is 6.20 Å². The molecule has 0 unspecified atom stereocenters. The fourth-order valence-electron chi connectivity index (χ4n) is 1.49. The van der Waals surface area contributed by atoms with E-state index in [2.05, 4.69) is 18.8 Å². The predicted molar refractivity (Wildman–Crippen MR) is 78.9 cm³/mol. The van der Waals surface area contributed by atoms with Crippen molar-refractivity contribution in [3.63, 3.8) is 0 Å². The van der Waals surface area contributed by atoms with Crippen LogP contribution in [-0.4, -0.2) is 17.4 Å². The van der Waals surface area contributed by atoms with Crippen LogP contribution in [0.25, 0.3) is 10.6 Å². The van der Waals surface area contributed by atoms with Crippen molar-refractivity contribution in [1.29, 1.82) is 5.41 Å². The Balaban J connectivity index is 2.10. The Bertz CT molecular complexity index is 560. The Hall–Kier alpha value is -1.88. The van der Waals surface area contributed by atoms with E-state index in [1.807, 2.05) is 24.3 Å². The number of aromatic nitrogens is 1. The van der Waals surface area contributed by atoms with Crippen molar-refractivity contribution in [1.82, 2.24) is 4.98 Å². The summed E-state index contributed by atoms with van der Waals surface area (Å²) in [7, 11) is 0. The minimum atomic E-state index is 0.0561. The molecule has 100 valence electrons. The van der Waals surface area contributed by atoms with Gasteiger partial charge in [-0.3, -0.25) is 5.41 Å². The van der Waals surface area contributed by atoms with E-state index in [0.717, 1.165) is 16.3 Å². The zero-order chi connectivity index (χ0) is 13.8. The van der Waals surface area contributed by atoms with E-state index < -0.39 is 0 Å². The van der Waals surface area contributed by atoms with E-state index in [-0.39, 0.29) is 5.84 Å². The van der Waals surface area contributed by atoms with Crippen molar-refractivity contribution in [2.75, 3.05) is 6.61 Å². The van der Waals surface area contributed by atoms with Gasteiger partial charge < -0.3 is 10.5 Å². The lowest BCUT2D eigenvalue weighted by atomic mass is 10.2. The molecule has 0 bridgehead atoms. The number of nitrogens with two attached hydrogens (primary N) is 1. The third kappa shape index (κ3) is 3.54. The second-order valence-electron chi connectivity index (χ2n) is 4.67. The Morgan fingerprint density at radius 2 is 2.05 bits per heavy atom. The van der Waals surface area contributed by atoms with Gasteiger partial charge in [-0.15, -0.1) is 11.3 Å². The van der Waals surface area contributed by atoms with Crippen LogP contribution < -0.4 is 10.5 Å². The molecule has 0 saturated carbocycles. The third-order valence-electron chi connectivity index (χ3n) is 2.46. The Kier molecular flexibility index (Phi) is 4.16. The van der Waals surface area contributed by atoms with Gasteiger partial charge in [-0.1, -0.05) is 13.8 Å². The predicted octanol–water partition coefficient (Wildman–Crippen LogP) is 3.13. The summed E-state index contributed by atoms with van der Waals surface area (Å²) in [4.78, 5) is 4.96. The normalized spacial score (nSPS) is 10.7. The van der Waals surface area contributed by atoms with Gasteiger partial charge in [0.05, 0.1) is 11.5 Å². The summed E-state index contributed by atoms with van der Waals surface area (Å²) in [5.41, 5.74) is 6.44. The van der Waals surface area contributed by atoms with Gasteiger partial charge in [-0.25, -0.2) is 4.98 Å². The molecule has 0 atom stereocenters. The van der Waals surface area contributed by atoms with Crippen LogP contribution in [-0.2, 0) is 0 Å². The van der Waals surface area contributed by atoms with E-state index in [0.29, 0.717) is 17.4 Å². The highest BCUT2D eigenvalue weighted by atomic mass is 32.1. The summed E-state index contributed by atoms with van der Waals surface area (Å²) in [5.74, 6) is 1.43. The smallest absolute Gasteiger partial charge is 0.134 e. The number of amidine groups is 1. The number of hydrogen-bond acceptors (Lipinski definition) is 4. The number of hydrogen-bond donors (Lipinski definition) is 2. The van der Waals surface area contributed by atoms with Crippen LogP contribution in [0.2, 0.25) is 0 Å². The molecule has 19 heavy (non-hydrogen) atoms. The molecule has 1 aromatic carbocycles. The topological polar surface area (TPSA) is 72.0 Å². The van der Waals surface area contributed by atoms with Gasteiger partial charge in [0.25, 0.3) is 0 Å². The molecule has 0 spiro atoms. The van der Waals surface area contributed by atoms with Crippen LogP contribution in [0.15, 0.2) is 30.5 Å². The SMILES string of the molecule is CC(C)COc1ccc(-c2ncc(C(=N)N)s2)cc1. The summed E-state index contributed by atoms with van der Waals surface area (Å²) in [6, 6.07) is 7.82. The molecule has 0 aliphatic carbocycles. The van der Waals surface area contributed by atoms with Crippen molar-refractivity contribution in [3.8, 4) is 16.3 Å². The van der Waals surface area contributed by atoms with E-state index in [9.17, 15) is 0 Å². The number of thiazole rings is 1. The van der Waals surface area contributed by atoms with Crippen LogP contribution in [0.5, 0.6) is 5.75 Å². The maximum absolute atomic E-state index is 7.37. The molecule has 0 amide bonds. The number of ether oxygens (including phenoxy) is 1. The highest BCUT2D eigenvalue weighted by molar-refractivity contribution is 7.16. The summed E-state index contributed by atoms with van der Waals surface area (Å²) < 4.78 is 5.63. The van der Waals surface area contributed by atoms with Gasteiger partial charge in [0.1, 0.15) is 16.6 Å². The second kappa shape index (κ2) is 5.84. The Labute approximate surface area is 116 Å². The number of benzene rings is 1. The van der Waals surface area contributed by atoms with Crippen molar-refractivity contribution in [2.24, 2.45) is 11.7 Å². The largest absolute Gasteiger partial charge is 0.493 e. The molecule has 0 aliphatic rings. The van der Waals surface area contributed by atoms with E-state index in [4.69, 9.17) is 15.9 Å². The zero-order valence-electron chi connectivity index (χ0n) is 11.0. The summed E-state index contributed by atoms with van der Waals surface area (Å²) in [6.07, 6.45) is 1.63. The van der Waals surface area contributed by atoms with Gasteiger partial charge in [-0.2, -0.15) is 0 Å². The molecule has 0 aliphatic heterocycles. The van der Waals surface area contributed by atoms with Gasteiger partial charge in [-0.05, 0) is 30.2 Å². The molecular weight excluding hydrogens is 258 g/mol. The molecular formula is C14H17N3OS. The van der Waals surface area contributed by atoms with Crippen molar-refractivity contribution >= 4 is 17.2 Å². The summed E-state index contributed by atoms with van der Waals surface area (Å²) >= 11 is 1.42. The fraction of sp³-hybridized carbons (Fsp3) is 0.286. The molecule has 2 rings (SSSR count). The molecule has 3 N–H and O–H groups in total. The monoisotopic (exact) mass is 275 g/mol. The van der Waals surface area contributed by atoms with Gasteiger partial charge >= 0.3 is 0 Å². The van der Waals surface area contributed by atoms with Gasteiger partial charge in [0, 0.05) is 11.8 Å². The minimum Gasteiger partial charge on any atom is -0.493 e. The van der Waals surface area contributed by atoms with Crippen LogP contribution in [0.1, 0.15) is 18.7 Å². The molecule has 1 aromatic heterocycles. The second-order valence-corrected chi connectivity index (χ2v) is 5.70. The lowest BCUT2D eigenvalue weighted by molar-refractivity contribution is 0.271. The van der Waals surface area contributed by atoms with Crippen LogP contribution in [0, 0.1) is 11.3 Å². The highest BCUT2D eigenvalue weighted by Gasteiger charge is 2.06. The van der Waals surface area contributed by atoms with Crippen molar-refractivity contribution in [2.45, 2.75) is 13.8 Å². The first-order valence-electron chi connectivity index (χ1n) is 6.09. The van der Waals surface area contributed by atoms with Crippen LogP contribution >= 0.6 is 11.3 Å². The molecule has 1 heterocycles. The number of nitrogens with one attached hydrogen (secondary N) is 1. The van der Waals surface area contributed by atoms with Gasteiger partial charge in [0.2, 0.25) is 0 Å². The number of nitrogen functional groups attached to an aromatic ring is 1. The molecule has 2 aromatic rings. The van der Waals surface area contributed by atoms with Gasteiger partial charge in [0.15, 0.2) is 0 Å². The Morgan fingerprint density at radius 3 is 2.58 bits per heavy atom. The van der Waals surface area contributed by atoms with Crippen molar-refractivity contribution < 1.29 is 4.74 Å². The minimum absolute atomic E-state index is 0.0561. The quantitative estimate of drug-likeness (QED) is 0.650. The van der Waals surface area contributed by atoms with Crippen LogP contribution in [0.4, 0.5) is 0 Å². The maximum Gasteiger partial charge on any atom is 0.134 e. The molecule has 0 fully saturated rings. The van der Waals surface area contributed by atoms with Crippen molar-refractivity contribution in [3.05, 3.63) is 35.3 Å². The third-order valence-corrected chi connectivity index (χ3v) is 3.54. The maximum atomic E-state index is 7.37. The van der Waals surface area contributed by atoms with E-state index in [1.165, 1.54) is 11.3 Å². The number of rotatable bonds is 5. The molecule has 0 radical (unpaired) electrons. The molecule has 0 saturated heterocycles. The lowest BCUT2D eigenvalue weighted by Crippen LogP contribution is -2.08. The van der Waals surface area contributed by atoms with E-state index >= 15 is 0 Å². The first-order chi connectivity index (χ1) is 9.06. The average Bonchev–Trinajstić information content (AvgIpc) is 2.86. The Morgan fingerprint density at radius 1 is 1.37 bits per heavy atom. The fourth-order valence-corrected chi connectivity index (χ4v) is 2.27. The highest BCUT2D eigenvalue weighted by Crippen LogP contribution is 2.26. The van der Waals surface area contributed by atoms with Crippen LogP contribution in [0.3, 0.4) is 0 Å². The average molecular weight is 275 g/mol. The first kappa shape index (κ1) is 13.5. The molecule has 5 heteroatoms. The summed E-state index contributed by atoms with van der Waals surface area (Å²) in [5, 5.41) is 8.23.